The Bertz CT molecular complexity index is 69.9. The number of halogens is 7. The van der Waals surface area contributed by atoms with Crippen molar-refractivity contribution in [3.05, 3.63) is 0 Å². The third-order valence-electron chi connectivity index (χ3n) is 0.321. The summed E-state index contributed by atoms with van der Waals surface area (Å²) in [6.07, 6.45) is 0. The first-order valence-corrected chi connectivity index (χ1v) is 3.35. The summed E-state index contributed by atoms with van der Waals surface area (Å²) in [7, 11) is 0.500. The van der Waals surface area contributed by atoms with Gasteiger partial charge in [0, 0.05) is 0 Å². The summed E-state index contributed by atoms with van der Waals surface area (Å²) in [4.78, 5) is -8.33. The number of rotatable bonds is 1. The summed E-state index contributed by atoms with van der Waals surface area (Å²) in [5.74, 6) is 0. The SMILES string of the molecule is CF.FC(F)(Br)C(F)(F)Br. The van der Waals surface area contributed by atoms with Gasteiger partial charge in [0.25, 0.3) is 0 Å². The standard InChI is InChI=1S/C2Br2F4.CH3F/c3-1(5,6)2(4,7)8;1-2/h;1H3. The molecular weight excluding hydrogens is 291 g/mol. The van der Waals surface area contributed by atoms with Crippen molar-refractivity contribution in [3.63, 3.8) is 0 Å². The first kappa shape index (κ1) is 13.2. The van der Waals surface area contributed by atoms with Gasteiger partial charge in [-0.2, -0.15) is 17.6 Å². The van der Waals surface area contributed by atoms with E-state index < -0.39 is 9.66 Å². The molecule has 0 aromatic carbocycles. The number of hydrogen-bond donors (Lipinski definition) is 0. The molecule has 0 aromatic heterocycles. The molecule has 0 fully saturated rings. The summed E-state index contributed by atoms with van der Waals surface area (Å²) in [6.45, 7) is 0. The van der Waals surface area contributed by atoms with Gasteiger partial charge in [0.15, 0.2) is 0 Å². The molecule has 7 heteroatoms. The first-order chi connectivity index (χ1) is 4.25. The molecule has 0 aliphatic heterocycles. The summed E-state index contributed by atoms with van der Waals surface area (Å²) in [6, 6.07) is 0. The zero-order chi connectivity index (χ0) is 9.00. The Balaban J connectivity index is 0. The van der Waals surface area contributed by atoms with Gasteiger partial charge in [-0.05, 0) is 31.9 Å². The highest BCUT2D eigenvalue weighted by Crippen LogP contribution is 2.43. The van der Waals surface area contributed by atoms with Crippen LogP contribution in [-0.4, -0.2) is 16.8 Å². The molecule has 0 amide bonds. The van der Waals surface area contributed by atoms with Crippen LogP contribution in [0.15, 0.2) is 0 Å². The lowest BCUT2D eigenvalue weighted by atomic mass is 10.8. The van der Waals surface area contributed by atoms with Crippen LogP contribution in [0.3, 0.4) is 0 Å². The third kappa shape index (κ3) is 5.40. The Hall–Kier alpha value is 0.610. The monoisotopic (exact) mass is 292 g/mol. The van der Waals surface area contributed by atoms with Crippen molar-refractivity contribution in [2.24, 2.45) is 0 Å². The van der Waals surface area contributed by atoms with Crippen molar-refractivity contribution in [3.8, 4) is 0 Å². The van der Waals surface area contributed by atoms with Crippen LogP contribution < -0.4 is 0 Å². The maximum Gasteiger partial charge on any atom is 0.373 e. The Kier molecular flexibility index (Phi) is 5.92. The zero-order valence-corrected chi connectivity index (χ0v) is 7.82. The summed E-state index contributed by atoms with van der Waals surface area (Å²) in [5.41, 5.74) is 0. The van der Waals surface area contributed by atoms with E-state index in [1.807, 2.05) is 0 Å². The Labute approximate surface area is 71.0 Å². The molecule has 10 heavy (non-hydrogen) atoms. The van der Waals surface area contributed by atoms with Crippen molar-refractivity contribution < 1.29 is 22.0 Å². The molecule has 0 heterocycles. The van der Waals surface area contributed by atoms with Gasteiger partial charge in [0.05, 0.1) is 7.18 Å². The molecule has 0 spiro atoms. The first-order valence-electron chi connectivity index (χ1n) is 1.76. The second-order valence-electron chi connectivity index (χ2n) is 0.996. The molecule has 0 aliphatic rings. The zero-order valence-electron chi connectivity index (χ0n) is 4.65. The minimum atomic E-state index is -4.17. The second-order valence-corrected chi connectivity index (χ2v) is 2.99. The molecule has 0 bridgehead atoms. The molecule has 0 aliphatic carbocycles. The maximum atomic E-state index is 11.3. The van der Waals surface area contributed by atoms with Gasteiger partial charge in [-0.15, -0.1) is 0 Å². The van der Waals surface area contributed by atoms with Gasteiger partial charge in [-0.1, -0.05) is 0 Å². The lowest BCUT2D eigenvalue weighted by Crippen LogP contribution is -2.27. The van der Waals surface area contributed by atoms with Crippen molar-refractivity contribution in [1.82, 2.24) is 0 Å². The summed E-state index contributed by atoms with van der Waals surface area (Å²) < 4.78 is 54.9. The van der Waals surface area contributed by atoms with Crippen molar-refractivity contribution in [1.29, 1.82) is 0 Å². The molecule has 0 saturated heterocycles. The molecule has 0 rings (SSSR count). The minimum absolute atomic E-state index is 0.500. The van der Waals surface area contributed by atoms with Crippen molar-refractivity contribution in [2.45, 2.75) is 9.66 Å². The third-order valence-corrected chi connectivity index (χ3v) is 1.85. The van der Waals surface area contributed by atoms with Crippen LogP contribution in [0.1, 0.15) is 0 Å². The van der Waals surface area contributed by atoms with Crippen LogP contribution in [0, 0.1) is 0 Å². The Morgan fingerprint density at radius 1 is 0.800 bits per heavy atom. The van der Waals surface area contributed by atoms with E-state index in [9.17, 15) is 22.0 Å². The molecule has 0 atom stereocenters. The molecule has 0 saturated carbocycles. The van der Waals surface area contributed by atoms with Gasteiger partial charge >= 0.3 is 9.66 Å². The largest absolute Gasteiger partial charge is 0.373 e. The van der Waals surface area contributed by atoms with Crippen LogP contribution in [0.25, 0.3) is 0 Å². The topological polar surface area (TPSA) is 0 Å². The minimum Gasteiger partial charge on any atom is -0.255 e. The Morgan fingerprint density at radius 3 is 0.900 bits per heavy atom. The van der Waals surface area contributed by atoms with Gasteiger partial charge in [0.2, 0.25) is 0 Å². The fourth-order valence-corrected chi connectivity index (χ4v) is 0. The molecule has 0 N–H and O–H groups in total. The van der Waals surface area contributed by atoms with Crippen LogP contribution in [0.2, 0.25) is 0 Å². The van der Waals surface area contributed by atoms with E-state index in [0.717, 1.165) is 0 Å². The van der Waals surface area contributed by atoms with Crippen LogP contribution >= 0.6 is 31.9 Å². The van der Waals surface area contributed by atoms with E-state index in [1.54, 1.807) is 0 Å². The highest BCUT2D eigenvalue weighted by molar-refractivity contribution is 9.12. The molecule has 0 radical (unpaired) electrons. The quantitative estimate of drug-likeness (QED) is 0.512. The molecule has 0 aromatic rings. The van der Waals surface area contributed by atoms with Gasteiger partial charge < -0.3 is 0 Å². The summed E-state index contributed by atoms with van der Waals surface area (Å²) >= 11 is 2.94. The van der Waals surface area contributed by atoms with Crippen LogP contribution in [0.4, 0.5) is 22.0 Å². The molecule has 0 nitrogen and oxygen atoms in total. The normalized spacial score (nSPS) is 12.0. The van der Waals surface area contributed by atoms with E-state index in [4.69, 9.17) is 0 Å². The van der Waals surface area contributed by atoms with E-state index in [0.29, 0.717) is 7.18 Å². The lowest BCUT2D eigenvalue weighted by molar-refractivity contribution is -0.0724. The highest BCUT2D eigenvalue weighted by atomic mass is 79.9. The van der Waals surface area contributed by atoms with E-state index in [1.165, 1.54) is 31.9 Å². The fraction of sp³-hybridized carbons (Fsp3) is 1.00. The Morgan fingerprint density at radius 2 is 0.900 bits per heavy atom. The summed E-state index contributed by atoms with van der Waals surface area (Å²) in [5, 5.41) is 0. The predicted molar refractivity (Wildman–Crippen MR) is 34.8 cm³/mol. The predicted octanol–water partition coefficient (Wildman–Crippen LogP) is 3.55. The van der Waals surface area contributed by atoms with E-state index >= 15 is 0 Å². The average Bonchev–Trinajstić information content (AvgIpc) is 1.66. The highest BCUT2D eigenvalue weighted by Gasteiger charge is 2.52. The van der Waals surface area contributed by atoms with E-state index in [-0.39, 0.29) is 0 Å². The lowest BCUT2D eigenvalue weighted by Gasteiger charge is -2.13. The van der Waals surface area contributed by atoms with E-state index in [2.05, 4.69) is 0 Å². The van der Waals surface area contributed by atoms with Gasteiger partial charge in [-0.3, -0.25) is 4.39 Å². The molecule has 0 unspecified atom stereocenters. The smallest absolute Gasteiger partial charge is 0.255 e. The maximum absolute atomic E-state index is 11.3. The van der Waals surface area contributed by atoms with Crippen LogP contribution in [-0.2, 0) is 0 Å². The average molecular weight is 294 g/mol. The molecule has 64 valence electrons. The number of alkyl halides is 7. The number of hydrogen-bond acceptors (Lipinski definition) is 0. The van der Waals surface area contributed by atoms with Gasteiger partial charge in [0.1, 0.15) is 0 Å². The second kappa shape index (κ2) is 4.48. The molecular formula is C3H3Br2F5. The van der Waals surface area contributed by atoms with Crippen molar-refractivity contribution >= 4 is 31.9 Å². The van der Waals surface area contributed by atoms with Crippen LogP contribution in [0.5, 0.6) is 0 Å². The van der Waals surface area contributed by atoms with Crippen molar-refractivity contribution in [2.75, 3.05) is 7.18 Å². The van der Waals surface area contributed by atoms with Gasteiger partial charge in [-0.25, -0.2) is 0 Å². The fourth-order valence-electron chi connectivity index (χ4n) is 0.